The van der Waals surface area contributed by atoms with Crippen molar-refractivity contribution in [3.8, 4) is 0 Å². The molecular weight excluding hydrogens is 315 g/mol. The van der Waals surface area contributed by atoms with Gasteiger partial charge in [0.25, 0.3) is 0 Å². The first kappa shape index (κ1) is 14.8. The normalized spacial score (nSPS) is 17.6. The smallest absolute Gasteiger partial charge is 0.368 e. The van der Waals surface area contributed by atoms with Crippen LogP contribution in [0.15, 0.2) is 29.6 Å². The van der Waals surface area contributed by atoms with E-state index in [0.717, 1.165) is 28.0 Å². The van der Waals surface area contributed by atoms with Crippen LogP contribution in [0.1, 0.15) is 16.3 Å². The zero-order valence-electron chi connectivity index (χ0n) is 11.3. The highest BCUT2D eigenvalue weighted by atomic mass is 32.1. The summed E-state index contributed by atoms with van der Waals surface area (Å²) in [6, 6.07) is 6.82. The summed E-state index contributed by atoms with van der Waals surface area (Å²) < 4.78 is 37.8. The van der Waals surface area contributed by atoms with Gasteiger partial charge in [-0.15, -0.1) is 11.3 Å². The molecule has 0 aliphatic carbocycles. The third-order valence-electron chi connectivity index (χ3n) is 3.57. The lowest BCUT2D eigenvalue weighted by molar-refractivity contribution is -0.140. The van der Waals surface area contributed by atoms with Crippen molar-refractivity contribution < 1.29 is 18.0 Å². The maximum atomic E-state index is 12.6. The molecule has 3 rings (SSSR count). The highest BCUT2D eigenvalue weighted by Crippen LogP contribution is 2.35. The number of amides is 1. The number of aromatic nitrogens is 1. The summed E-state index contributed by atoms with van der Waals surface area (Å²) in [6.45, 7) is 0.130. The van der Waals surface area contributed by atoms with Gasteiger partial charge in [0.15, 0.2) is 5.69 Å². The van der Waals surface area contributed by atoms with Gasteiger partial charge in [-0.05, 0) is 11.6 Å². The number of rotatable bonds is 3. The summed E-state index contributed by atoms with van der Waals surface area (Å²) in [7, 11) is 0. The van der Waals surface area contributed by atoms with Gasteiger partial charge in [-0.2, -0.15) is 13.2 Å². The number of benzene rings is 1. The van der Waals surface area contributed by atoms with Crippen LogP contribution in [-0.2, 0) is 23.9 Å². The minimum absolute atomic E-state index is 0.130. The van der Waals surface area contributed by atoms with Crippen LogP contribution in [0.3, 0.4) is 0 Å². The third-order valence-corrected chi connectivity index (χ3v) is 4.40. The maximum absolute atomic E-state index is 12.6. The number of para-hydroxylation sites is 1. The Kier molecular flexibility index (Phi) is 3.56. The molecular formula is C14H12F3N3OS. The number of hydrogen-bond acceptors (Lipinski definition) is 4. The number of halogens is 3. The number of nitrogens with zero attached hydrogens (tertiary/aromatic N) is 2. The van der Waals surface area contributed by atoms with Gasteiger partial charge in [-0.25, -0.2) is 4.98 Å². The van der Waals surface area contributed by atoms with Crippen molar-refractivity contribution in [2.75, 3.05) is 4.90 Å². The number of anilines is 1. The number of carbonyl (C=O) groups is 1. The molecule has 1 atom stereocenters. The Morgan fingerprint density at radius 2 is 2.14 bits per heavy atom. The summed E-state index contributed by atoms with van der Waals surface area (Å²) in [5.74, 6) is -0.496. The van der Waals surface area contributed by atoms with E-state index in [2.05, 4.69) is 4.98 Å². The maximum Gasteiger partial charge on any atom is 0.434 e. The zero-order valence-corrected chi connectivity index (χ0v) is 12.1. The van der Waals surface area contributed by atoms with E-state index in [0.29, 0.717) is 11.4 Å². The number of primary amides is 1. The summed E-state index contributed by atoms with van der Waals surface area (Å²) in [4.78, 5) is 16.9. The highest BCUT2D eigenvalue weighted by Gasteiger charge is 2.36. The quantitative estimate of drug-likeness (QED) is 0.942. The minimum atomic E-state index is -4.46. The summed E-state index contributed by atoms with van der Waals surface area (Å²) in [5, 5.41) is 1.28. The lowest BCUT2D eigenvalue weighted by Gasteiger charge is -2.24. The molecule has 4 nitrogen and oxygen atoms in total. The van der Waals surface area contributed by atoms with Crippen molar-refractivity contribution in [2.45, 2.75) is 25.2 Å². The number of alkyl halides is 3. The molecule has 0 unspecified atom stereocenters. The van der Waals surface area contributed by atoms with Gasteiger partial charge in [0.05, 0.1) is 6.54 Å². The summed E-state index contributed by atoms with van der Waals surface area (Å²) in [5.41, 5.74) is 6.28. The summed E-state index contributed by atoms with van der Waals surface area (Å²) in [6.07, 6.45) is -4.00. The van der Waals surface area contributed by atoms with Crippen molar-refractivity contribution >= 4 is 22.9 Å². The fraction of sp³-hybridized carbons (Fsp3) is 0.286. The molecule has 0 fully saturated rings. The Hall–Kier alpha value is -2.09. The molecule has 2 heterocycles. The van der Waals surface area contributed by atoms with E-state index in [-0.39, 0.29) is 6.54 Å². The van der Waals surface area contributed by atoms with E-state index in [1.807, 2.05) is 24.3 Å². The van der Waals surface area contributed by atoms with Gasteiger partial charge < -0.3 is 10.6 Å². The number of nitrogens with two attached hydrogens (primary N) is 1. The fourth-order valence-corrected chi connectivity index (χ4v) is 3.36. The molecule has 0 saturated heterocycles. The predicted octanol–water partition coefficient (Wildman–Crippen LogP) is 2.58. The molecule has 0 saturated carbocycles. The van der Waals surface area contributed by atoms with E-state index >= 15 is 0 Å². The second-order valence-corrected chi connectivity index (χ2v) is 5.95. The SMILES string of the molecule is NC(=O)[C@@H]1Cc2ccccc2N1Cc1nc(C(F)(F)F)cs1. The van der Waals surface area contributed by atoms with Crippen molar-refractivity contribution in [2.24, 2.45) is 5.73 Å². The Morgan fingerprint density at radius 1 is 1.41 bits per heavy atom. The number of hydrogen-bond donors (Lipinski definition) is 1. The van der Waals surface area contributed by atoms with Crippen molar-refractivity contribution in [3.05, 3.63) is 45.9 Å². The Morgan fingerprint density at radius 3 is 2.77 bits per heavy atom. The first-order valence-electron chi connectivity index (χ1n) is 6.51. The zero-order chi connectivity index (χ0) is 15.9. The average Bonchev–Trinajstić information content (AvgIpc) is 3.04. The molecule has 0 bridgehead atoms. The van der Waals surface area contributed by atoms with Crippen LogP contribution >= 0.6 is 11.3 Å². The van der Waals surface area contributed by atoms with Crippen LogP contribution < -0.4 is 10.6 Å². The van der Waals surface area contributed by atoms with Crippen LogP contribution in [0.2, 0.25) is 0 Å². The molecule has 1 aliphatic heterocycles. The summed E-state index contributed by atoms with van der Waals surface area (Å²) >= 11 is 0.927. The van der Waals surface area contributed by atoms with Crippen LogP contribution in [0.5, 0.6) is 0 Å². The fourth-order valence-electron chi connectivity index (χ4n) is 2.56. The molecule has 2 N–H and O–H groups in total. The monoisotopic (exact) mass is 327 g/mol. The van der Waals surface area contributed by atoms with Crippen LogP contribution in [0.25, 0.3) is 0 Å². The molecule has 1 aromatic carbocycles. The van der Waals surface area contributed by atoms with Gasteiger partial charge in [-0.3, -0.25) is 4.79 Å². The molecule has 116 valence electrons. The average molecular weight is 327 g/mol. The molecule has 1 aromatic heterocycles. The Balaban J connectivity index is 1.89. The second kappa shape index (κ2) is 5.28. The third kappa shape index (κ3) is 2.66. The molecule has 1 aliphatic rings. The van der Waals surface area contributed by atoms with E-state index in [9.17, 15) is 18.0 Å². The van der Waals surface area contributed by atoms with Crippen LogP contribution in [0, 0.1) is 0 Å². The van der Waals surface area contributed by atoms with E-state index in [1.54, 1.807) is 4.90 Å². The largest absolute Gasteiger partial charge is 0.434 e. The minimum Gasteiger partial charge on any atom is -0.368 e. The molecule has 22 heavy (non-hydrogen) atoms. The lowest BCUT2D eigenvalue weighted by Crippen LogP contribution is -2.42. The van der Waals surface area contributed by atoms with Crippen LogP contribution in [-0.4, -0.2) is 16.9 Å². The lowest BCUT2D eigenvalue weighted by atomic mass is 10.1. The van der Waals surface area contributed by atoms with Gasteiger partial charge >= 0.3 is 6.18 Å². The van der Waals surface area contributed by atoms with E-state index < -0.39 is 23.8 Å². The van der Waals surface area contributed by atoms with Gasteiger partial charge in [0, 0.05) is 17.5 Å². The predicted molar refractivity (Wildman–Crippen MR) is 76.4 cm³/mol. The number of carbonyl (C=O) groups excluding carboxylic acids is 1. The Labute approximate surface area is 128 Å². The standard InChI is InChI=1S/C14H12F3N3OS/c15-14(16,17)11-7-22-12(19-11)6-20-9-4-2-1-3-8(9)5-10(20)13(18)21/h1-4,7,10H,5-6H2,(H2,18,21)/t10-/m0/s1. The molecule has 0 spiro atoms. The molecule has 1 amide bonds. The van der Waals surface area contributed by atoms with E-state index in [1.165, 1.54) is 0 Å². The second-order valence-electron chi connectivity index (χ2n) is 5.00. The Bertz CT molecular complexity index is 713. The number of fused-ring (bicyclic) bond motifs is 1. The first-order chi connectivity index (χ1) is 10.4. The first-order valence-corrected chi connectivity index (χ1v) is 7.39. The molecule has 0 radical (unpaired) electrons. The molecule has 2 aromatic rings. The topological polar surface area (TPSA) is 59.2 Å². The van der Waals surface area contributed by atoms with Gasteiger partial charge in [0.2, 0.25) is 5.91 Å². The number of thiazole rings is 1. The van der Waals surface area contributed by atoms with Gasteiger partial charge in [-0.1, -0.05) is 18.2 Å². The molecule has 8 heteroatoms. The van der Waals surface area contributed by atoms with Crippen molar-refractivity contribution in [3.63, 3.8) is 0 Å². The van der Waals surface area contributed by atoms with Gasteiger partial charge in [0.1, 0.15) is 11.0 Å². The van der Waals surface area contributed by atoms with E-state index in [4.69, 9.17) is 5.73 Å². The van der Waals surface area contributed by atoms with Crippen molar-refractivity contribution in [1.82, 2.24) is 4.98 Å². The highest BCUT2D eigenvalue weighted by molar-refractivity contribution is 7.09. The van der Waals surface area contributed by atoms with Crippen LogP contribution in [0.4, 0.5) is 18.9 Å². The van der Waals surface area contributed by atoms with Crippen molar-refractivity contribution in [1.29, 1.82) is 0 Å².